The summed E-state index contributed by atoms with van der Waals surface area (Å²) in [5.41, 5.74) is 2.21. The highest BCUT2D eigenvalue weighted by Gasteiger charge is 2.08. The lowest BCUT2D eigenvalue weighted by Crippen LogP contribution is -2.06. The van der Waals surface area contributed by atoms with E-state index in [0.717, 1.165) is 41.5 Å². The van der Waals surface area contributed by atoms with Crippen LogP contribution in [-0.2, 0) is 13.1 Å². The second-order valence-electron chi connectivity index (χ2n) is 4.28. The smallest absolute Gasteiger partial charge is 0.139 e. The molecule has 2 rings (SSSR count). The van der Waals surface area contributed by atoms with Gasteiger partial charge in [0, 0.05) is 36.1 Å². The van der Waals surface area contributed by atoms with Crippen LogP contribution in [0.2, 0.25) is 5.02 Å². The predicted molar refractivity (Wildman–Crippen MR) is 75.7 cm³/mol. The van der Waals surface area contributed by atoms with Gasteiger partial charge in [0.05, 0.1) is 0 Å². The summed E-state index contributed by atoms with van der Waals surface area (Å²) >= 11 is 6.17. The number of aryl methyl sites for hydroxylation is 1. The molecule has 4 heteroatoms. The molecule has 2 aromatic rings. The number of benzene rings is 1. The van der Waals surface area contributed by atoms with Gasteiger partial charge in [-0.3, -0.25) is 0 Å². The van der Waals surface area contributed by atoms with Crippen molar-refractivity contribution in [2.24, 2.45) is 0 Å². The van der Waals surface area contributed by atoms with Gasteiger partial charge < -0.3 is 9.88 Å². The molecule has 0 unspecified atom stereocenters. The van der Waals surface area contributed by atoms with Crippen LogP contribution in [0.1, 0.15) is 18.9 Å². The first-order valence-corrected chi connectivity index (χ1v) is 6.58. The van der Waals surface area contributed by atoms with Gasteiger partial charge in [0.2, 0.25) is 0 Å². The van der Waals surface area contributed by atoms with Crippen molar-refractivity contribution in [2.75, 3.05) is 7.05 Å². The van der Waals surface area contributed by atoms with E-state index >= 15 is 0 Å². The Kier molecular flexibility index (Phi) is 4.39. The fourth-order valence-corrected chi connectivity index (χ4v) is 2.21. The summed E-state index contributed by atoms with van der Waals surface area (Å²) in [5.74, 6) is 1.01. The molecule has 0 saturated carbocycles. The monoisotopic (exact) mass is 263 g/mol. The number of hydrogen-bond acceptors (Lipinski definition) is 2. The average Bonchev–Trinajstić information content (AvgIpc) is 2.81. The molecule has 18 heavy (non-hydrogen) atoms. The highest BCUT2D eigenvalue weighted by Crippen LogP contribution is 2.24. The van der Waals surface area contributed by atoms with Crippen LogP contribution in [0.5, 0.6) is 0 Å². The van der Waals surface area contributed by atoms with Gasteiger partial charge in [-0.1, -0.05) is 18.5 Å². The number of nitrogens with one attached hydrogen (secondary N) is 1. The van der Waals surface area contributed by atoms with Crippen LogP contribution >= 0.6 is 11.6 Å². The van der Waals surface area contributed by atoms with Crippen molar-refractivity contribution in [1.82, 2.24) is 14.9 Å². The fraction of sp³-hybridized carbons (Fsp3) is 0.357. The Balaban J connectivity index is 2.38. The van der Waals surface area contributed by atoms with Crippen LogP contribution in [0.15, 0.2) is 30.6 Å². The molecule has 1 heterocycles. The molecule has 0 fully saturated rings. The van der Waals surface area contributed by atoms with Crippen molar-refractivity contribution >= 4 is 11.6 Å². The molecule has 0 aliphatic carbocycles. The van der Waals surface area contributed by atoms with Crippen LogP contribution in [0.25, 0.3) is 11.4 Å². The van der Waals surface area contributed by atoms with Crippen molar-refractivity contribution in [1.29, 1.82) is 0 Å². The molecule has 1 N–H and O–H groups in total. The molecule has 1 aromatic heterocycles. The van der Waals surface area contributed by atoms with Crippen LogP contribution in [0.3, 0.4) is 0 Å². The van der Waals surface area contributed by atoms with E-state index in [0.29, 0.717) is 0 Å². The van der Waals surface area contributed by atoms with E-state index in [1.165, 1.54) is 0 Å². The Hall–Kier alpha value is -1.32. The molecule has 0 atom stereocenters. The summed E-state index contributed by atoms with van der Waals surface area (Å²) in [4.78, 5) is 4.44. The molecule has 0 saturated heterocycles. The minimum absolute atomic E-state index is 0.765. The van der Waals surface area contributed by atoms with Gasteiger partial charge in [-0.2, -0.15) is 0 Å². The zero-order valence-electron chi connectivity index (χ0n) is 10.8. The summed E-state index contributed by atoms with van der Waals surface area (Å²) < 4.78 is 2.17. The zero-order valence-corrected chi connectivity index (χ0v) is 11.5. The third-order valence-electron chi connectivity index (χ3n) is 2.85. The highest BCUT2D eigenvalue weighted by molar-refractivity contribution is 6.31. The minimum Gasteiger partial charge on any atom is -0.331 e. The summed E-state index contributed by atoms with van der Waals surface area (Å²) in [6, 6.07) is 6.07. The van der Waals surface area contributed by atoms with Crippen molar-refractivity contribution in [3.8, 4) is 11.4 Å². The molecule has 0 spiro atoms. The SMILES string of the molecule is CCCn1ccnc1-c1ccc(Cl)c(CNC)c1. The van der Waals surface area contributed by atoms with Crippen LogP contribution < -0.4 is 5.32 Å². The Bertz CT molecular complexity index is 520. The second-order valence-corrected chi connectivity index (χ2v) is 4.69. The lowest BCUT2D eigenvalue weighted by atomic mass is 10.1. The Morgan fingerprint density at radius 3 is 2.94 bits per heavy atom. The van der Waals surface area contributed by atoms with Gasteiger partial charge in [-0.25, -0.2) is 4.98 Å². The quantitative estimate of drug-likeness (QED) is 0.897. The van der Waals surface area contributed by atoms with Crippen molar-refractivity contribution < 1.29 is 0 Å². The first-order chi connectivity index (χ1) is 8.76. The zero-order chi connectivity index (χ0) is 13.0. The normalized spacial score (nSPS) is 10.8. The first kappa shape index (κ1) is 13.1. The topological polar surface area (TPSA) is 29.9 Å². The van der Waals surface area contributed by atoms with E-state index in [9.17, 15) is 0 Å². The molecule has 3 nitrogen and oxygen atoms in total. The Labute approximate surface area is 113 Å². The molecule has 0 bridgehead atoms. The van der Waals surface area contributed by atoms with E-state index in [1.807, 2.05) is 31.6 Å². The maximum Gasteiger partial charge on any atom is 0.139 e. The highest BCUT2D eigenvalue weighted by atomic mass is 35.5. The molecular weight excluding hydrogens is 246 g/mol. The van der Waals surface area contributed by atoms with Crippen LogP contribution in [0, 0.1) is 0 Å². The molecule has 0 aliphatic heterocycles. The van der Waals surface area contributed by atoms with Gasteiger partial charge in [0.1, 0.15) is 5.82 Å². The lowest BCUT2D eigenvalue weighted by molar-refractivity contribution is 0.685. The van der Waals surface area contributed by atoms with E-state index in [2.05, 4.69) is 27.9 Å². The summed E-state index contributed by atoms with van der Waals surface area (Å²) in [6.45, 7) is 3.92. The number of halogens is 1. The number of imidazole rings is 1. The predicted octanol–water partition coefficient (Wildman–Crippen LogP) is 3.33. The minimum atomic E-state index is 0.765. The Morgan fingerprint density at radius 2 is 2.22 bits per heavy atom. The molecule has 0 amide bonds. The average molecular weight is 264 g/mol. The maximum absolute atomic E-state index is 6.17. The van der Waals surface area contributed by atoms with E-state index in [-0.39, 0.29) is 0 Å². The standard InChI is InChI=1S/C14H18ClN3/c1-3-7-18-8-6-17-14(18)11-4-5-13(15)12(9-11)10-16-2/h4-6,8-9,16H,3,7,10H2,1-2H3. The Morgan fingerprint density at radius 1 is 1.39 bits per heavy atom. The molecular formula is C14H18ClN3. The summed E-state index contributed by atoms with van der Waals surface area (Å²) in [7, 11) is 1.92. The fourth-order valence-electron chi connectivity index (χ4n) is 2.03. The van der Waals surface area contributed by atoms with Gasteiger partial charge in [0.25, 0.3) is 0 Å². The number of aromatic nitrogens is 2. The van der Waals surface area contributed by atoms with Crippen molar-refractivity contribution in [3.63, 3.8) is 0 Å². The summed E-state index contributed by atoms with van der Waals surface area (Å²) in [6.07, 6.45) is 4.96. The third kappa shape index (κ3) is 2.74. The summed E-state index contributed by atoms with van der Waals surface area (Å²) in [5, 5.41) is 3.92. The number of nitrogens with zero attached hydrogens (tertiary/aromatic N) is 2. The first-order valence-electron chi connectivity index (χ1n) is 6.20. The van der Waals surface area contributed by atoms with E-state index in [4.69, 9.17) is 11.6 Å². The van der Waals surface area contributed by atoms with Crippen molar-refractivity contribution in [2.45, 2.75) is 26.4 Å². The second kappa shape index (κ2) is 6.03. The van der Waals surface area contributed by atoms with Gasteiger partial charge in [-0.05, 0) is 37.2 Å². The number of rotatable bonds is 5. The van der Waals surface area contributed by atoms with Crippen LogP contribution in [0.4, 0.5) is 0 Å². The third-order valence-corrected chi connectivity index (χ3v) is 3.22. The van der Waals surface area contributed by atoms with Crippen LogP contribution in [-0.4, -0.2) is 16.6 Å². The molecule has 96 valence electrons. The lowest BCUT2D eigenvalue weighted by Gasteiger charge is -2.09. The van der Waals surface area contributed by atoms with Gasteiger partial charge >= 0.3 is 0 Å². The largest absolute Gasteiger partial charge is 0.331 e. The van der Waals surface area contributed by atoms with Gasteiger partial charge in [-0.15, -0.1) is 0 Å². The molecule has 0 aliphatic rings. The van der Waals surface area contributed by atoms with E-state index in [1.54, 1.807) is 0 Å². The molecule has 0 radical (unpaired) electrons. The van der Waals surface area contributed by atoms with E-state index < -0.39 is 0 Å². The molecule has 1 aromatic carbocycles. The van der Waals surface area contributed by atoms with Gasteiger partial charge in [0.15, 0.2) is 0 Å². The van der Waals surface area contributed by atoms with Crippen molar-refractivity contribution in [3.05, 3.63) is 41.2 Å². The number of hydrogen-bond donors (Lipinski definition) is 1. The maximum atomic E-state index is 6.17.